The molecule has 2 heterocycles. The van der Waals surface area contributed by atoms with Crippen LogP contribution in [0.25, 0.3) is 10.2 Å². The van der Waals surface area contributed by atoms with Crippen molar-refractivity contribution in [2.24, 2.45) is 0 Å². The molecule has 4 aromatic rings. The van der Waals surface area contributed by atoms with Gasteiger partial charge in [-0.1, -0.05) is 65.9 Å². The van der Waals surface area contributed by atoms with Crippen molar-refractivity contribution in [2.75, 3.05) is 44.2 Å². The Hall–Kier alpha value is -3.22. The fraction of sp³-hybridized carbons (Fsp3) is 0.310. The zero-order chi connectivity index (χ0) is 24.2. The van der Waals surface area contributed by atoms with E-state index in [1.165, 1.54) is 27.0 Å². The molecule has 3 aromatic carbocycles. The number of hydrogen-bond donors (Lipinski definition) is 1. The van der Waals surface area contributed by atoms with Crippen LogP contribution in [-0.2, 0) is 6.42 Å². The summed E-state index contributed by atoms with van der Waals surface area (Å²) in [5.74, 6) is -0.00453. The number of fused-ring (bicyclic) bond motifs is 1. The topological polar surface area (TPSA) is 48.5 Å². The maximum absolute atomic E-state index is 12.6. The number of nitrogens with one attached hydrogen (secondary N) is 1. The van der Waals surface area contributed by atoms with Crippen molar-refractivity contribution in [1.82, 2.24) is 15.2 Å². The van der Waals surface area contributed by atoms with E-state index in [2.05, 4.69) is 65.4 Å². The molecule has 0 bridgehead atoms. The normalized spacial score (nSPS) is 14.4. The molecule has 1 saturated heterocycles. The van der Waals surface area contributed by atoms with Crippen LogP contribution in [0.5, 0.6) is 0 Å². The van der Waals surface area contributed by atoms with Crippen LogP contribution >= 0.6 is 11.3 Å². The van der Waals surface area contributed by atoms with Crippen molar-refractivity contribution in [1.29, 1.82) is 0 Å². The molecule has 0 radical (unpaired) electrons. The number of nitrogens with zero attached hydrogens (tertiary/aromatic N) is 3. The van der Waals surface area contributed by atoms with E-state index < -0.39 is 0 Å². The number of benzene rings is 3. The maximum atomic E-state index is 12.6. The summed E-state index contributed by atoms with van der Waals surface area (Å²) >= 11 is 1.81. The van der Waals surface area contributed by atoms with Gasteiger partial charge in [-0.05, 0) is 54.7 Å². The molecule has 6 heteroatoms. The molecule has 0 aliphatic carbocycles. The van der Waals surface area contributed by atoms with Crippen LogP contribution in [0.15, 0.2) is 66.7 Å². The molecule has 0 unspecified atom stereocenters. The quantitative estimate of drug-likeness (QED) is 0.399. The minimum atomic E-state index is -0.00453. The number of amides is 1. The number of aryl methyl sites for hydroxylation is 2. The van der Waals surface area contributed by atoms with E-state index in [9.17, 15) is 4.79 Å². The van der Waals surface area contributed by atoms with Crippen LogP contribution in [0.4, 0.5) is 5.13 Å². The summed E-state index contributed by atoms with van der Waals surface area (Å²) in [4.78, 5) is 22.3. The van der Waals surface area contributed by atoms with Crippen molar-refractivity contribution in [3.63, 3.8) is 0 Å². The lowest BCUT2D eigenvalue weighted by atomic mass is 10.0. The Morgan fingerprint density at radius 1 is 0.886 bits per heavy atom. The van der Waals surface area contributed by atoms with Gasteiger partial charge in [-0.25, -0.2) is 4.98 Å². The molecular formula is C29H32N4OS. The lowest BCUT2D eigenvalue weighted by molar-refractivity contribution is 0.0948. The Morgan fingerprint density at radius 3 is 2.29 bits per heavy atom. The van der Waals surface area contributed by atoms with E-state index in [4.69, 9.17) is 4.98 Å². The zero-order valence-corrected chi connectivity index (χ0v) is 21.3. The maximum Gasteiger partial charge on any atom is 0.251 e. The minimum Gasteiger partial charge on any atom is -0.351 e. The molecule has 180 valence electrons. The Kier molecular flexibility index (Phi) is 7.11. The van der Waals surface area contributed by atoms with Crippen LogP contribution in [0.2, 0.25) is 0 Å². The van der Waals surface area contributed by atoms with Crippen LogP contribution < -0.4 is 10.2 Å². The van der Waals surface area contributed by atoms with Crippen LogP contribution in [0.1, 0.15) is 32.6 Å². The number of aromatic nitrogens is 1. The number of carbonyl (C=O) groups is 1. The fourth-order valence-electron chi connectivity index (χ4n) is 4.58. The van der Waals surface area contributed by atoms with E-state index in [0.717, 1.165) is 49.8 Å². The van der Waals surface area contributed by atoms with Crippen molar-refractivity contribution in [2.45, 2.75) is 20.3 Å². The molecular weight excluding hydrogens is 452 g/mol. The number of rotatable bonds is 7. The van der Waals surface area contributed by atoms with Crippen LogP contribution in [-0.4, -0.2) is 55.1 Å². The second-order valence-electron chi connectivity index (χ2n) is 9.32. The zero-order valence-electron chi connectivity index (χ0n) is 20.5. The largest absolute Gasteiger partial charge is 0.351 e. The third-order valence-electron chi connectivity index (χ3n) is 6.75. The lowest BCUT2D eigenvalue weighted by Crippen LogP contribution is -2.48. The third-order valence-corrected chi connectivity index (χ3v) is 8.01. The highest BCUT2D eigenvalue weighted by Crippen LogP contribution is 2.33. The number of carbonyl (C=O) groups excluding carboxylic acids is 1. The molecule has 0 saturated carbocycles. The summed E-state index contributed by atoms with van der Waals surface area (Å²) in [6.45, 7) is 9.72. The molecule has 35 heavy (non-hydrogen) atoms. The summed E-state index contributed by atoms with van der Waals surface area (Å²) < 4.78 is 1.30. The lowest BCUT2D eigenvalue weighted by Gasteiger charge is -2.34. The minimum absolute atomic E-state index is 0.00453. The van der Waals surface area contributed by atoms with Gasteiger partial charge in [-0.15, -0.1) is 0 Å². The van der Waals surface area contributed by atoms with Crippen LogP contribution in [0.3, 0.4) is 0 Å². The molecule has 1 amide bonds. The molecule has 1 N–H and O–H groups in total. The first kappa shape index (κ1) is 23.5. The van der Waals surface area contributed by atoms with Gasteiger partial charge in [-0.3, -0.25) is 9.69 Å². The van der Waals surface area contributed by atoms with Gasteiger partial charge in [0.15, 0.2) is 5.13 Å². The number of anilines is 1. The average Bonchev–Trinajstić information content (AvgIpc) is 3.35. The molecule has 1 fully saturated rings. The van der Waals surface area contributed by atoms with Gasteiger partial charge in [0.1, 0.15) is 0 Å². The van der Waals surface area contributed by atoms with Gasteiger partial charge < -0.3 is 10.2 Å². The first-order valence-electron chi connectivity index (χ1n) is 12.3. The Labute approximate surface area is 211 Å². The monoisotopic (exact) mass is 484 g/mol. The predicted octanol–water partition coefficient (Wildman–Crippen LogP) is 5.06. The Balaban J connectivity index is 1.07. The van der Waals surface area contributed by atoms with Gasteiger partial charge in [0.2, 0.25) is 0 Å². The summed E-state index contributed by atoms with van der Waals surface area (Å²) in [7, 11) is 0. The molecule has 5 nitrogen and oxygen atoms in total. The van der Waals surface area contributed by atoms with Gasteiger partial charge in [0.05, 0.1) is 10.2 Å². The van der Waals surface area contributed by atoms with E-state index in [1.54, 1.807) is 11.3 Å². The molecule has 0 spiro atoms. The number of thiazole rings is 1. The summed E-state index contributed by atoms with van der Waals surface area (Å²) in [6, 6.07) is 22.7. The summed E-state index contributed by atoms with van der Waals surface area (Å²) in [6.07, 6.45) is 0.880. The number of hydrogen-bond acceptors (Lipinski definition) is 5. The highest BCUT2D eigenvalue weighted by Gasteiger charge is 2.20. The molecule has 0 atom stereocenters. The fourth-order valence-corrected chi connectivity index (χ4v) is 5.74. The van der Waals surface area contributed by atoms with Gasteiger partial charge in [0, 0.05) is 44.8 Å². The first-order valence-corrected chi connectivity index (χ1v) is 13.1. The second-order valence-corrected chi connectivity index (χ2v) is 10.3. The van der Waals surface area contributed by atoms with Crippen molar-refractivity contribution >= 4 is 32.6 Å². The molecule has 1 aliphatic heterocycles. The second kappa shape index (κ2) is 10.6. The summed E-state index contributed by atoms with van der Waals surface area (Å²) in [5, 5.41) is 4.21. The number of piperazine rings is 1. The molecule has 1 aromatic heterocycles. The van der Waals surface area contributed by atoms with E-state index in [1.807, 2.05) is 30.3 Å². The van der Waals surface area contributed by atoms with E-state index in [-0.39, 0.29) is 5.91 Å². The van der Waals surface area contributed by atoms with Crippen molar-refractivity contribution in [3.05, 3.63) is 94.5 Å². The molecule has 5 rings (SSSR count). The Morgan fingerprint density at radius 2 is 1.57 bits per heavy atom. The van der Waals surface area contributed by atoms with Gasteiger partial charge in [0.25, 0.3) is 5.91 Å². The SMILES string of the molecule is Cc1ccc(C)c2sc(N3CCN(CCNC(=O)c4ccc(Cc5ccccc5)cc4)CC3)nc12. The standard InChI is InChI=1S/C29H32N4OS/c1-21-8-9-22(2)27-26(21)31-29(35-27)33-18-16-32(17-19-33)15-14-30-28(34)25-12-10-24(11-13-25)20-23-6-4-3-5-7-23/h3-13H,14-20H2,1-2H3,(H,30,34). The van der Waals surface area contributed by atoms with Gasteiger partial charge >= 0.3 is 0 Å². The van der Waals surface area contributed by atoms with E-state index >= 15 is 0 Å². The average molecular weight is 485 g/mol. The smallest absolute Gasteiger partial charge is 0.251 e. The van der Waals surface area contributed by atoms with E-state index in [0.29, 0.717) is 12.1 Å². The Bertz CT molecular complexity index is 1250. The molecule has 1 aliphatic rings. The highest BCUT2D eigenvalue weighted by atomic mass is 32.1. The van der Waals surface area contributed by atoms with Crippen molar-refractivity contribution < 1.29 is 4.79 Å². The first-order chi connectivity index (χ1) is 17.1. The van der Waals surface area contributed by atoms with Crippen LogP contribution in [0, 0.1) is 13.8 Å². The van der Waals surface area contributed by atoms with Crippen molar-refractivity contribution in [3.8, 4) is 0 Å². The predicted molar refractivity (Wildman–Crippen MR) is 146 cm³/mol. The van der Waals surface area contributed by atoms with Gasteiger partial charge in [-0.2, -0.15) is 0 Å². The highest BCUT2D eigenvalue weighted by molar-refractivity contribution is 7.22. The third kappa shape index (κ3) is 5.55. The summed E-state index contributed by atoms with van der Waals surface area (Å²) in [5.41, 5.74) is 6.89.